The van der Waals surface area contributed by atoms with Crippen molar-refractivity contribution in [2.75, 3.05) is 18.0 Å². The minimum Gasteiger partial charge on any atom is -0.355 e. The molecule has 0 radical (unpaired) electrons. The van der Waals surface area contributed by atoms with Crippen molar-refractivity contribution in [2.24, 2.45) is 0 Å². The minimum absolute atomic E-state index is 0.00569. The number of anilines is 1. The highest BCUT2D eigenvalue weighted by molar-refractivity contribution is 5.80. The lowest BCUT2D eigenvalue weighted by Crippen LogP contribution is -2.32. The van der Waals surface area contributed by atoms with Gasteiger partial charge in [0.25, 0.3) is 0 Å². The molecule has 1 N–H and O–H groups in total. The molecule has 1 fully saturated rings. The molecule has 1 saturated heterocycles. The summed E-state index contributed by atoms with van der Waals surface area (Å²) in [6.07, 6.45) is 5.47. The highest BCUT2D eigenvalue weighted by Gasteiger charge is 2.25. The third-order valence-corrected chi connectivity index (χ3v) is 6.69. The van der Waals surface area contributed by atoms with Gasteiger partial charge in [-0.1, -0.05) is 59.7 Å². The molecule has 0 saturated carbocycles. The third kappa shape index (κ3) is 4.97. The first kappa shape index (κ1) is 22.5. The molecule has 3 aromatic rings. The number of fused-ring (bicyclic) bond motifs is 1. The monoisotopic (exact) mass is 456 g/mol. The second kappa shape index (κ2) is 9.94. The number of hydrogen-bond acceptors (Lipinski definition) is 5. The van der Waals surface area contributed by atoms with Crippen LogP contribution < -0.4 is 10.4 Å². The van der Waals surface area contributed by atoms with Crippen molar-refractivity contribution in [1.29, 1.82) is 0 Å². The molecule has 5 rings (SSSR count). The molecule has 2 aliphatic rings. The van der Waals surface area contributed by atoms with Crippen LogP contribution in [0, 0.1) is 13.8 Å². The van der Waals surface area contributed by atoms with E-state index in [9.17, 15) is 4.79 Å². The first-order chi connectivity index (χ1) is 16.6. The van der Waals surface area contributed by atoms with Crippen molar-refractivity contribution in [1.82, 2.24) is 15.4 Å². The number of unbranched alkanes of at least 4 members (excludes halogenated alkanes) is 1. The van der Waals surface area contributed by atoms with Gasteiger partial charge >= 0.3 is 0 Å². The summed E-state index contributed by atoms with van der Waals surface area (Å²) < 4.78 is 0. The van der Waals surface area contributed by atoms with Crippen LogP contribution in [-0.4, -0.2) is 35.1 Å². The highest BCUT2D eigenvalue weighted by Crippen LogP contribution is 2.35. The van der Waals surface area contributed by atoms with E-state index in [1.807, 2.05) is 0 Å². The summed E-state index contributed by atoms with van der Waals surface area (Å²) in [5.74, 6) is 1.00. The molecule has 1 aromatic heterocycles. The number of nitrogens with zero attached hydrogens (tertiary/aromatic N) is 3. The summed E-state index contributed by atoms with van der Waals surface area (Å²) in [7, 11) is 0. The van der Waals surface area contributed by atoms with E-state index in [1.165, 1.54) is 11.1 Å². The fourth-order valence-corrected chi connectivity index (χ4v) is 4.74. The average Bonchev–Trinajstić information content (AvgIpc) is 3.27. The van der Waals surface area contributed by atoms with Gasteiger partial charge in [-0.3, -0.25) is 9.63 Å². The Bertz CT molecular complexity index is 1160. The van der Waals surface area contributed by atoms with Crippen molar-refractivity contribution in [3.8, 4) is 22.5 Å². The van der Waals surface area contributed by atoms with Gasteiger partial charge in [0.1, 0.15) is 0 Å². The van der Waals surface area contributed by atoms with E-state index >= 15 is 0 Å². The predicted molar refractivity (Wildman–Crippen MR) is 134 cm³/mol. The SMILES string of the molecule is Cc1ccc(-c2nc3c(nc2-c2ccc(C)cc2)N(CCCCC2CC(=O)NO2)CCC3)cc1. The zero-order valence-corrected chi connectivity index (χ0v) is 20.0. The Labute approximate surface area is 201 Å². The summed E-state index contributed by atoms with van der Waals surface area (Å²) in [5, 5.41) is 0. The van der Waals surface area contributed by atoms with E-state index < -0.39 is 0 Å². The van der Waals surface area contributed by atoms with Gasteiger partial charge < -0.3 is 4.90 Å². The van der Waals surface area contributed by atoms with Crippen LogP contribution in [0.1, 0.15) is 48.9 Å². The van der Waals surface area contributed by atoms with Crippen molar-refractivity contribution in [3.05, 3.63) is 65.4 Å². The smallest absolute Gasteiger partial charge is 0.246 e. The molecule has 0 bridgehead atoms. The maximum atomic E-state index is 11.3. The van der Waals surface area contributed by atoms with Crippen molar-refractivity contribution in [2.45, 2.75) is 58.5 Å². The fourth-order valence-electron chi connectivity index (χ4n) is 4.74. The van der Waals surface area contributed by atoms with Crippen molar-refractivity contribution in [3.63, 3.8) is 0 Å². The van der Waals surface area contributed by atoms with E-state index in [4.69, 9.17) is 14.8 Å². The maximum absolute atomic E-state index is 11.3. The number of amides is 1. The highest BCUT2D eigenvalue weighted by atomic mass is 16.7. The normalized spacial score (nSPS) is 17.5. The van der Waals surface area contributed by atoms with Gasteiger partial charge in [-0.05, 0) is 46.0 Å². The zero-order valence-electron chi connectivity index (χ0n) is 20.0. The molecule has 0 spiro atoms. The Morgan fingerprint density at radius 3 is 2.21 bits per heavy atom. The number of aromatic nitrogens is 2. The molecule has 1 atom stereocenters. The predicted octanol–water partition coefficient (Wildman–Crippen LogP) is 5.17. The summed E-state index contributed by atoms with van der Waals surface area (Å²) in [5.41, 5.74) is 10.1. The van der Waals surface area contributed by atoms with Crippen LogP contribution in [0.5, 0.6) is 0 Å². The van der Waals surface area contributed by atoms with E-state index in [1.54, 1.807) is 0 Å². The molecule has 34 heavy (non-hydrogen) atoms. The van der Waals surface area contributed by atoms with Crippen LogP contribution in [0.2, 0.25) is 0 Å². The number of carbonyl (C=O) groups excluding carboxylic acids is 1. The molecule has 2 aromatic carbocycles. The van der Waals surface area contributed by atoms with Gasteiger partial charge in [-0.2, -0.15) is 0 Å². The second-order valence-corrected chi connectivity index (χ2v) is 9.48. The molecular formula is C28H32N4O2. The van der Waals surface area contributed by atoms with Gasteiger partial charge in [0.2, 0.25) is 5.91 Å². The van der Waals surface area contributed by atoms with Crippen LogP contribution in [0.15, 0.2) is 48.5 Å². The molecule has 176 valence electrons. The first-order valence-corrected chi connectivity index (χ1v) is 12.3. The van der Waals surface area contributed by atoms with Crippen molar-refractivity contribution < 1.29 is 9.63 Å². The Morgan fingerprint density at radius 2 is 1.59 bits per heavy atom. The number of rotatable bonds is 7. The number of benzene rings is 2. The second-order valence-electron chi connectivity index (χ2n) is 9.48. The molecule has 2 aliphatic heterocycles. The van der Waals surface area contributed by atoms with E-state index in [2.05, 4.69) is 72.8 Å². The first-order valence-electron chi connectivity index (χ1n) is 12.3. The minimum atomic E-state index is -0.0155. The van der Waals surface area contributed by atoms with E-state index in [0.29, 0.717) is 6.42 Å². The summed E-state index contributed by atoms with van der Waals surface area (Å²) in [6, 6.07) is 17.1. The molecule has 6 nitrogen and oxygen atoms in total. The summed E-state index contributed by atoms with van der Waals surface area (Å²) >= 11 is 0. The number of aryl methyl sites for hydroxylation is 3. The molecule has 1 unspecified atom stereocenters. The van der Waals surface area contributed by atoms with Gasteiger partial charge in [0.05, 0.1) is 29.6 Å². The fraction of sp³-hybridized carbons (Fsp3) is 0.393. The number of carbonyl (C=O) groups is 1. The lowest BCUT2D eigenvalue weighted by molar-refractivity contribution is -0.124. The van der Waals surface area contributed by atoms with Crippen LogP contribution in [0.3, 0.4) is 0 Å². The van der Waals surface area contributed by atoms with Crippen LogP contribution in [-0.2, 0) is 16.1 Å². The Balaban J connectivity index is 1.41. The van der Waals surface area contributed by atoms with Gasteiger partial charge in [0.15, 0.2) is 5.82 Å². The topological polar surface area (TPSA) is 67.4 Å². The van der Waals surface area contributed by atoms with Gasteiger partial charge in [0, 0.05) is 24.2 Å². The quantitative estimate of drug-likeness (QED) is 0.497. The Morgan fingerprint density at radius 1 is 0.941 bits per heavy atom. The molecule has 6 heteroatoms. The largest absolute Gasteiger partial charge is 0.355 e. The number of hydrogen-bond donors (Lipinski definition) is 1. The van der Waals surface area contributed by atoms with Crippen molar-refractivity contribution >= 4 is 11.7 Å². The van der Waals surface area contributed by atoms with Gasteiger partial charge in [-0.25, -0.2) is 15.4 Å². The van der Waals surface area contributed by atoms with E-state index in [-0.39, 0.29) is 12.0 Å². The number of nitrogens with one attached hydrogen (secondary N) is 1. The van der Waals surface area contributed by atoms with E-state index in [0.717, 1.165) is 79.2 Å². The summed E-state index contributed by atoms with van der Waals surface area (Å²) in [6.45, 7) is 6.15. The number of hydroxylamine groups is 1. The van der Waals surface area contributed by atoms with Crippen LogP contribution in [0.25, 0.3) is 22.5 Å². The molecule has 0 aliphatic carbocycles. The Hall–Kier alpha value is -3.25. The van der Waals surface area contributed by atoms with Crippen LogP contribution in [0.4, 0.5) is 5.82 Å². The molecular weight excluding hydrogens is 424 g/mol. The Kier molecular flexibility index (Phi) is 6.59. The average molecular weight is 457 g/mol. The van der Waals surface area contributed by atoms with Gasteiger partial charge in [-0.15, -0.1) is 0 Å². The summed E-state index contributed by atoms with van der Waals surface area (Å²) in [4.78, 5) is 29.5. The maximum Gasteiger partial charge on any atom is 0.246 e. The van der Waals surface area contributed by atoms with Crippen LogP contribution >= 0.6 is 0 Å². The standard InChI is InChI=1S/C28H32N4O2/c1-19-8-12-21(13-9-19)26-27(22-14-10-20(2)11-15-22)30-28-24(29-26)7-5-17-32(28)16-4-3-6-23-18-25(33)31-34-23/h8-15,23H,3-7,16-18H2,1-2H3,(H,31,33). The molecule has 1 amide bonds. The zero-order chi connectivity index (χ0) is 23.5. The molecule has 3 heterocycles. The lowest BCUT2D eigenvalue weighted by Gasteiger charge is -2.30. The third-order valence-electron chi connectivity index (χ3n) is 6.69. The lowest BCUT2D eigenvalue weighted by atomic mass is 10.0.